The summed E-state index contributed by atoms with van der Waals surface area (Å²) in [7, 11) is 1.90. The second kappa shape index (κ2) is 3.70. The van der Waals surface area contributed by atoms with Gasteiger partial charge in [-0.05, 0) is 14.0 Å². The van der Waals surface area contributed by atoms with Crippen LogP contribution < -0.4 is 5.32 Å². The molecule has 1 N–H and O–H groups in total. The lowest BCUT2D eigenvalue weighted by Crippen LogP contribution is -2.19. The van der Waals surface area contributed by atoms with E-state index >= 15 is 0 Å². The predicted molar refractivity (Wildman–Crippen MR) is 32.0 cm³/mol. The van der Waals surface area contributed by atoms with E-state index in [1.807, 2.05) is 7.05 Å². The van der Waals surface area contributed by atoms with Gasteiger partial charge in [-0.25, -0.2) is 0 Å². The van der Waals surface area contributed by atoms with Crippen molar-refractivity contribution in [3.05, 3.63) is 0 Å². The van der Waals surface area contributed by atoms with Gasteiger partial charge in [-0.15, -0.1) is 12.3 Å². The third-order valence-electron chi connectivity index (χ3n) is 0.917. The van der Waals surface area contributed by atoms with Gasteiger partial charge in [0.25, 0.3) is 0 Å². The summed E-state index contributed by atoms with van der Waals surface area (Å²) in [5, 5.41) is 3.02. The van der Waals surface area contributed by atoms with Crippen molar-refractivity contribution in [3.63, 3.8) is 0 Å². The first-order valence-corrected chi connectivity index (χ1v) is 2.42. The number of rotatable bonds is 2. The van der Waals surface area contributed by atoms with E-state index in [0.29, 0.717) is 6.04 Å². The third kappa shape index (κ3) is 3.35. The SMILES string of the molecule is C#CC[C@@H](C)NC. The largest absolute Gasteiger partial charge is 0.316 e. The van der Waals surface area contributed by atoms with Crippen molar-refractivity contribution < 1.29 is 0 Å². The van der Waals surface area contributed by atoms with Crippen LogP contribution in [0.2, 0.25) is 0 Å². The molecule has 0 aliphatic heterocycles. The van der Waals surface area contributed by atoms with Crippen molar-refractivity contribution in [2.75, 3.05) is 7.05 Å². The number of nitrogens with one attached hydrogen (secondary N) is 1. The first-order valence-electron chi connectivity index (χ1n) is 2.42. The summed E-state index contributed by atoms with van der Waals surface area (Å²) >= 11 is 0. The van der Waals surface area contributed by atoms with Crippen molar-refractivity contribution >= 4 is 0 Å². The summed E-state index contributed by atoms with van der Waals surface area (Å²) in [6, 6.07) is 0.463. The van der Waals surface area contributed by atoms with E-state index in [1.54, 1.807) is 0 Å². The first-order chi connectivity index (χ1) is 3.31. The van der Waals surface area contributed by atoms with E-state index in [4.69, 9.17) is 6.42 Å². The Morgan fingerprint density at radius 3 is 2.57 bits per heavy atom. The van der Waals surface area contributed by atoms with Crippen LogP contribution in [0.1, 0.15) is 13.3 Å². The van der Waals surface area contributed by atoms with Crippen molar-refractivity contribution in [3.8, 4) is 12.3 Å². The minimum Gasteiger partial charge on any atom is -0.316 e. The highest BCUT2D eigenvalue weighted by molar-refractivity contribution is 4.87. The molecule has 0 radical (unpaired) electrons. The molecule has 1 atom stereocenters. The molecule has 0 bridgehead atoms. The van der Waals surface area contributed by atoms with Crippen molar-refractivity contribution in [2.45, 2.75) is 19.4 Å². The third-order valence-corrected chi connectivity index (χ3v) is 0.917. The molecule has 0 aliphatic rings. The van der Waals surface area contributed by atoms with E-state index in [2.05, 4.69) is 18.2 Å². The zero-order valence-corrected chi connectivity index (χ0v) is 4.86. The van der Waals surface area contributed by atoms with Gasteiger partial charge in [0.1, 0.15) is 0 Å². The summed E-state index contributed by atoms with van der Waals surface area (Å²) in [6.45, 7) is 2.06. The standard InChI is InChI=1S/C6H11N/c1-4-5-6(2)7-3/h1,6-7H,5H2,2-3H3/t6-/m1/s1. The van der Waals surface area contributed by atoms with Crippen LogP contribution >= 0.6 is 0 Å². The lowest BCUT2D eigenvalue weighted by Gasteiger charge is -2.01. The van der Waals surface area contributed by atoms with E-state index < -0.39 is 0 Å². The molecule has 0 spiro atoms. The van der Waals surface area contributed by atoms with Gasteiger partial charge in [-0.3, -0.25) is 0 Å². The predicted octanol–water partition coefficient (Wildman–Crippen LogP) is 0.618. The maximum atomic E-state index is 5.01. The highest BCUT2D eigenvalue weighted by Crippen LogP contribution is 1.82. The highest BCUT2D eigenvalue weighted by atomic mass is 14.8. The topological polar surface area (TPSA) is 12.0 Å². The van der Waals surface area contributed by atoms with Gasteiger partial charge < -0.3 is 5.32 Å². The fourth-order valence-corrected chi connectivity index (χ4v) is 0.279. The molecule has 0 amide bonds. The molecule has 1 heteroatoms. The van der Waals surface area contributed by atoms with E-state index in [1.165, 1.54) is 0 Å². The molecule has 7 heavy (non-hydrogen) atoms. The Kier molecular flexibility index (Phi) is 3.45. The lowest BCUT2D eigenvalue weighted by molar-refractivity contribution is 0.628. The second-order valence-corrected chi connectivity index (χ2v) is 1.60. The Morgan fingerprint density at radius 2 is 2.43 bits per heavy atom. The molecule has 0 saturated heterocycles. The minimum absolute atomic E-state index is 0.463. The molecule has 0 fully saturated rings. The molecular weight excluding hydrogens is 86.1 g/mol. The molecule has 0 saturated carbocycles. The fourth-order valence-electron chi connectivity index (χ4n) is 0.279. The summed E-state index contributed by atoms with van der Waals surface area (Å²) in [6.07, 6.45) is 5.83. The zero-order valence-electron chi connectivity index (χ0n) is 4.86. The van der Waals surface area contributed by atoms with Gasteiger partial charge >= 0.3 is 0 Å². The summed E-state index contributed by atoms with van der Waals surface area (Å²) in [4.78, 5) is 0. The number of hydrogen-bond donors (Lipinski definition) is 1. The number of hydrogen-bond acceptors (Lipinski definition) is 1. The monoisotopic (exact) mass is 97.1 g/mol. The Labute approximate surface area is 45.1 Å². The minimum atomic E-state index is 0.463. The molecule has 1 nitrogen and oxygen atoms in total. The van der Waals surface area contributed by atoms with Gasteiger partial charge in [0, 0.05) is 12.5 Å². The maximum Gasteiger partial charge on any atom is 0.0237 e. The molecule has 0 aliphatic carbocycles. The molecule has 0 aromatic carbocycles. The van der Waals surface area contributed by atoms with Gasteiger partial charge in [0.15, 0.2) is 0 Å². The molecule has 40 valence electrons. The molecule has 0 heterocycles. The second-order valence-electron chi connectivity index (χ2n) is 1.60. The summed E-state index contributed by atoms with van der Waals surface area (Å²) in [5.74, 6) is 2.56. The smallest absolute Gasteiger partial charge is 0.0237 e. The van der Waals surface area contributed by atoms with E-state index in [0.717, 1.165) is 6.42 Å². The van der Waals surface area contributed by atoms with Crippen LogP contribution in [-0.2, 0) is 0 Å². The Morgan fingerprint density at radius 1 is 1.86 bits per heavy atom. The molecule has 0 unspecified atom stereocenters. The quantitative estimate of drug-likeness (QED) is 0.498. The van der Waals surface area contributed by atoms with Gasteiger partial charge in [-0.1, -0.05) is 0 Å². The zero-order chi connectivity index (χ0) is 5.70. The molecule has 0 aromatic rings. The van der Waals surface area contributed by atoms with Gasteiger partial charge in [-0.2, -0.15) is 0 Å². The van der Waals surface area contributed by atoms with Gasteiger partial charge in [0.2, 0.25) is 0 Å². The van der Waals surface area contributed by atoms with Crippen LogP contribution in [0, 0.1) is 12.3 Å². The van der Waals surface area contributed by atoms with Crippen LogP contribution in [0.15, 0.2) is 0 Å². The number of terminal acetylenes is 1. The summed E-state index contributed by atoms with van der Waals surface area (Å²) in [5.41, 5.74) is 0. The van der Waals surface area contributed by atoms with Crippen molar-refractivity contribution in [1.82, 2.24) is 5.32 Å². The highest BCUT2D eigenvalue weighted by Gasteiger charge is 1.89. The van der Waals surface area contributed by atoms with Crippen LogP contribution in [0.4, 0.5) is 0 Å². The summed E-state index contributed by atoms with van der Waals surface area (Å²) < 4.78 is 0. The van der Waals surface area contributed by atoms with E-state index in [9.17, 15) is 0 Å². The van der Waals surface area contributed by atoms with Crippen molar-refractivity contribution in [2.24, 2.45) is 0 Å². The maximum absolute atomic E-state index is 5.01. The molecule has 0 rings (SSSR count). The Balaban J connectivity index is 3.03. The van der Waals surface area contributed by atoms with E-state index in [-0.39, 0.29) is 0 Å². The average molecular weight is 97.2 g/mol. The van der Waals surface area contributed by atoms with Crippen LogP contribution in [-0.4, -0.2) is 13.1 Å². The Bertz CT molecular complexity index is 70.7. The first kappa shape index (κ1) is 6.52. The lowest BCUT2D eigenvalue weighted by atomic mass is 10.2. The Hall–Kier alpha value is -0.480. The average Bonchev–Trinajstić information content (AvgIpc) is 1.68. The molecule has 0 aromatic heterocycles. The van der Waals surface area contributed by atoms with Crippen LogP contribution in [0.3, 0.4) is 0 Å². The fraction of sp³-hybridized carbons (Fsp3) is 0.667. The van der Waals surface area contributed by atoms with Gasteiger partial charge in [0.05, 0.1) is 0 Å². The van der Waals surface area contributed by atoms with Crippen molar-refractivity contribution in [1.29, 1.82) is 0 Å². The van der Waals surface area contributed by atoms with Crippen LogP contribution in [0.25, 0.3) is 0 Å². The molecular formula is C6H11N. The normalized spacial score (nSPS) is 12.7. The van der Waals surface area contributed by atoms with Crippen LogP contribution in [0.5, 0.6) is 0 Å².